The van der Waals surface area contributed by atoms with E-state index in [1.54, 1.807) is 43.9 Å². The highest BCUT2D eigenvalue weighted by molar-refractivity contribution is 7.92. The molecule has 0 spiro atoms. The van der Waals surface area contributed by atoms with Crippen LogP contribution in [0.4, 0.5) is 0 Å². The average Bonchev–Trinajstić information content (AvgIpc) is 2.72. The predicted molar refractivity (Wildman–Crippen MR) is 133 cm³/mol. The summed E-state index contributed by atoms with van der Waals surface area (Å²) in [4.78, 5) is 15.0. The Morgan fingerprint density at radius 1 is 1.03 bits per heavy atom. The number of sulfone groups is 1. The van der Waals surface area contributed by atoms with Gasteiger partial charge >= 0.3 is 0 Å². The number of rotatable bonds is 6. The van der Waals surface area contributed by atoms with Gasteiger partial charge in [-0.25, -0.2) is 8.42 Å². The van der Waals surface area contributed by atoms with Crippen molar-refractivity contribution in [1.82, 2.24) is 4.90 Å². The number of hydrogen-bond donors (Lipinski definition) is 0. The molecule has 0 radical (unpaired) electrons. The molecule has 2 aromatic carbocycles. The fourth-order valence-corrected chi connectivity index (χ4v) is 5.87. The normalized spacial score (nSPS) is 20.8. The van der Waals surface area contributed by atoms with Gasteiger partial charge in [-0.2, -0.15) is 0 Å². The number of amides is 1. The summed E-state index contributed by atoms with van der Waals surface area (Å²) < 4.78 is 31.5. The zero-order chi connectivity index (χ0) is 24.6. The summed E-state index contributed by atoms with van der Waals surface area (Å²) in [7, 11) is -3.49. The summed E-state index contributed by atoms with van der Waals surface area (Å²) in [5, 5.41) is 1.13. The maximum absolute atomic E-state index is 13.3. The first kappa shape index (κ1) is 26.0. The Labute approximate surface area is 206 Å². The molecular weight excluding hydrogens is 481 g/mol. The number of benzene rings is 2. The number of carbonyl (C=O) groups excluding carboxylic acids is 1. The van der Waals surface area contributed by atoms with Gasteiger partial charge in [-0.3, -0.25) is 4.79 Å². The van der Waals surface area contributed by atoms with Crippen molar-refractivity contribution in [3.63, 3.8) is 0 Å². The van der Waals surface area contributed by atoms with Crippen LogP contribution in [0.15, 0.2) is 48.5 Å². The van der Waals surface area contributed by atoms with Crippen LogP contribution in [0.3, 0.4) is 0 Å². The van der Waals surface area contributed by atoms with E-state index in [0.29, 0.717) is 10.0 Å². The molecule has 1 fully saturated rings. The Morgan fingerprint density at radius 3 is 2.21 bits per heavy atom. The van der Waals surface area contributed by atoms with E-state index < -0.39 is 32.8 Å². The molecule has 1 aliphatic heterocycles. The van der Waals surface area contributed by atoms with Gasteiger partial charge in [0.15, 0.2) is 9.84 Å². The Morgan fingerprint density at radius 2 is 1.67 bits per heavy atom. The summed E-state index contributed by atoms with van der Waals surface area (Å²) in [6.45, 7) is 8.81. The molecule has 1 amide bonds. The van der Waals surface area contributed by atoms with Gasteiger partial charge in [0.1, 0.15) is 12.7 Å². The molecule has 0 aromatic heterocycles. The van der Waals surface area contributed by atoms with Crippen LogP contribution in [0.25, 0.3) is 0 Å². The Bertz CT molecular complexity index is 1090. The first-order valence-corrected chi connectivity index (χ1v) is 13.4. The minimum absolute atomic E-state index is 0.0982. The molecule has 180 valence electrons. The van der Waals surface area contributed by atoms with Crippen molar-refractivity contribution in [1.29, 1.82) is 0 Å². The lowest BCUT2D eigenvalue weighted by molar-refractivity contribution is -0.164. The smallest absolute Gasteiger partial charge is 0.249 e. The number of nitrogens with zero attached hydrogens (tertiary/aromatic N) is 1. The Kier molecular flexibility index (Phi) is 7.84. The van der Waals surface area contributed by atoms with Crippen LogP contribution in [0.5, 0.6) is 0 Å². The van der Waals surface area contributed by atoms with E-state index in [9.17, 15) is 13.2 Å². The largest absolute Gasteiger partial charge is 0.361 e. The molecule has 1 aliphatic rings. The first-order chi connectivity index (χ1) is 15.3. The fourth-order valence-electron chi connectivity index (χ4n) is 4.05. The molecule has 0 bridgehead atoms. The third kappa shape index (κ3) is 5.73. The van der Waals surface area contributed by atoms with Gasteiger partial charge in [-0.1, -0.05) is 61.3 Å². The van der Waals surface area contributed by atoms with Crippen molar-refractivity contribution in [2.45, 2.75) is 57.6 Å². The lowest BCUT2D eigenvalue weighted by Gasteiger charge is -2.47. The molecule has 8 heteroatoms. The number of carbonyl (C=O) groups is 1. The molecular formula is C25H31Cl2NO4S. The number of hydrogen-bond acceptors (Lipinski definition) is 4. The van der Waals surface area contributed by atoms with Gasteiger partial charge in [0, 0.05) is 16.1 Å². The molecule has 2 unspecified atom stereocenters. The summed E-state index contributed by atoms with van der Waals surface area (Å²) >= 11 is 12.4. The number of halogens is 2. The summed E-state index contributed by atoms with van der Waals surface area (Å²) in [5.74, 6) is -0.471. The van der Waals surface area contributed by atoms with Crippen LogP contribution in [0.2, 0.25) is 10.0 Å². The van der Waals surface area contributed by atoms with Gasteiger partial charge in [-0.15, -0.1) is 0 Å². The van der Waals surface area contributed by atoms with Crippen LogP contribution < -0.4 is 0 Å². The monoisotopic (exact) mass is 511 g/mol. The van der Waals surface area contributed by atoms with Gasteiger partial charge in [0.05, 0.1) is 16.5 Å². The van der Waals surface area contributed by atoms with Crippen molar-refractivity contribution >= 4 is 38.9 Å². The average molecular weight is 512 g/mol. The molecule has 3 atom stereocenters. The van der Waals surface area contributed by atoms with Crippen LogP contribution in [0.1, 0.15) is 57.9 Å². The predicted octanol–water partition coefficient (Wildman–Crippen LogP) is 5.87. The standard InChI is InChI=1S/C25H31Cl2NO4S/c1-16(2)21(15-33(30,31)25(3,4)5)28-22(29)14-32-24(18-7-6-8-20(27)13-18)23(28)17-9-11-19(26)12-10-17/h6-13,16,21,23-24H,14-15H2,1-5H3/t21?,23-,24?/m1/s1. The second kappa shape index (κ2) is 9.95. The quantitative estimate of drug-likeness (QED) is 0.486. The second-order valence-electron chi connectivity index (χ2n) is 9.79. The van der Waals surface area contributed by atoms with Crippen molar-refractivity contribution in [3.8, 4) is 0 Å². The third-order valence-electron chi connectivity index (χ3n) is 6.10. The second-order valence-corrected chi connectivity index (χ2v) is 13.4. The summed E-state index contributed by atoms with van der Waals surface area (Å²) in [6, 6.07) is 13.5. The summed E-state index contributed by atoms with van der Waals surface area (Å²) in [5.41, 5.74) is 1.64. The molecule has 5 nitrogen and oxygen atoms in total. The molecule has 0 saturated carbocycles. The molecule has 2 aromatic rings. The van der Waals surface area contributed by atoms with Crippen molar-refractivity contribution in [3.05, 3.63) is 69.7 Å². The SMILES string of the molecule is CC(C)C(CS(=O)(=O)C(C)(C)C)N1C(=O)COC(c2cccc(Cl)c2)[C@H]1c1ccc(Cl)cc1. The molecule has 0 aliphatic carbocycles. The minimum Gasteiger partial charge on any atom is -0.361 e. The third-order valence-corrected chi connectivity index (χ3v) is 9.23. The van der Waals surface area contributed by atoms with Crippen LogP contribution in [-0.4, -0.2) is 42.4 Å². The van der Waals surface area contributed by atoms with Gasteiger partial charge in [0.2, 0.25) is 5.91 Å². The highest BCUT2D eigenvalue weighted by Crippen LogP contribution is 2.43. The van der Waals surface area contributed by atoms with Crippen LogP contribution in [0, 0.1) is 5.92 Å². The first-order valence-electron chi connectivity index (χ1n) is 11.0. The van der Waals surface area contributed by atoms with E-state index >= 15 is 0 Å². The van der Waals surface area contributed by atoms with Crippen molar-refractivity contribution in [2.75, 3.05) is 12.4 Å². The van der Waals surface area contributed by atoms with Gasteiger partial charge in [-0.05, 0) is 62.1 Å². The van der Waals surface area contributed by atoms with Crippen LogP contribution >= 0.6 is 23.2 Å². The maximum atomic E-state index is 13.3. The Hall–Kier alpha value is -1.60. The molecule has 1 heterocycles. The van der Waals surface area contributed by atoms with Crippen molar-refractivity contribution in [2.24, 2.45) is 5.92 Å². The lowest BCUT2D eigenvalue weighted by Crippen LogP contribution is -2.55. The number of morpholine rings is 1. The van der Waals surface area contributed by atoms with E-state index in [1.807, 2.05) is 44.2 Å². The lowest BCUT2D eigenvalue weighted by atomic mass is 9.90. The van der Waals surface area contributed by atoms with E-state index in [4.69, 9.17) is 27.9 Å². The minimum atomic E-state index is -3.49. The molecule has 1 saturated heterocycles. The highest BCUT2D eigenvalue weighted by Gasteiger charge is 2.45. The fraction of sp³-hybridized carbons (Fsp3) is 0.480. The zero-order valence-electron chi connectivity index (χ0n) is 19.6. The van der Waals surface area contributed by atoms with Gasteiger partial charge in [0.25, 0.3) is 0 Å². The highest BCUT2D eigenvalue weighted by atomic mass is 35.5. The van der Waals surface area contributed by atoms with E-state index in [1.165, 1.54) is 0 Å². The zero-order valence-corrected chi connectivity index (χ0v) is 21.9. The molecule has 0 N–H and O–H groups in total. The molecule has 33 heavy (non-hydrogen) atoms. The summed E-state index contributed by atoms with van der Waals surface area (Å²) in [6.07, 6.45) is -0.513. The number of ether oxygens (including phenoxy) is 1. The maximum Gasteiger partial charge on any atom is 0.249 e. The van der Waals surface area contributed by atoms with Crippen molar-refractivity contribution < 1.29 is 17.9 Å². The van der Waals surface area contributed by atoms with E-state index in [-0.39, 0.29) is 24.2 Å². The topological polar surface area (TPSA) is 63.7 Å². The Balaban J connectivity index is 2.15. The van der Waals surface area contributed by atoms with Gasteiger partial charge < -0.3 is 9.64 Å². The molecule has 3 rings (SSSR count). The van der Waals surface area contributed by atoms with E-state index in [0.717, 1.165) is 11.1 Å². The van der Waals surface area contributed by atoms with E-state index in [2.05, 4.69) is 0 Å². The van der Waals surface area contributed by atoms with Crippen LogP contribution in [-0.2, 0) is 19.4 Å².